The minimum atomic E-state index is -1.06. The molecule has 0 saturated carbocycles. The highest BCUT2D eigenvalue weighted by Gasteiger charge is 2.29. The molecule has 0 heterocycles. The monoisotopic (exact) mass is 315 g/mol. The molecule has 1 N–H and O–H groups in total. The number of hydrogen-bond donors (Lipinski definition) is 2. The molecule has 0 aliphatic rings. The van der Waals surface area contributed by atoms with Crippen LogP contribution in [0.1, 0.15) is 15.9 Å². The zero-order chi connectivity index (χ0) is 15.9. The summed E-state index contributed by atoms with van der Waals surface area (Å²) in [5, 5.41) is 9.37. The standard InChI is InChI=1S/C17H17NO3S/c19-16(14-9-5-2-6-10-14)18(15(12-22)17(20)21)11-13-7-3-1-4-8-13/h1-10,15,22H,11-12H2,(H,20,21)/t15-/m1/s1. The number of rotatable bonds is 6. The van der Waals surface area contributed by atoms with E-state index in [1.807, 2.05) is 36.4 Å². The van der Waals surface area contributed by atoms with E-state index >= 15 is 0 Å². The molecule has 0 saturated heterocycles. The van der Waals surface area contributed by atoms with Crippen LogP contribution in [-0.2, 0) is 11.3 Å². The van der Waals surface area contributed by atoms with Crippen molar-refractivity contribution < 1.29 is 14.7 Å². The second-order valence-electron chi connectivity index (χ2n) is 4.82. The first kappa shape index (κ1) is 16.1. The lowest BCUT2D eigenvalue weighted by molar-refractivity contribution is -0.141. The van der Waals surface area contributed by atoms with E-state index in [1.165, 1.54) is 4.90 Å². The highest BCUT2D eigenvalue weighted by atomic mass is 32.1. The molecule has 2 rings (SSSR count). The Kier molecular flexibility index (Phi) is 5.61. The van der Waals surface area contributed by atoms with Gasteiger partial charge in [0.2, 0.25) is 0 Å². The van der Waals surface area contributed by atoms with Crippen molar-refractivity contribution in [3.05, 3.63) is 71.8 Å². The van der Waals surface area contributed by atoms with Crippen molar-refractivity contribution >= 4 is 24.5 Å². The number of nitrogens with zero attached hydrogens (tertiary/aromatic N) is 1. The zero-order valence-corrected chi connectivity index (χ0v) is 12.8. The van der Waals surface area contributed by atoms with E-state index < -0.39 is 12.0 Å². The summed E-state index contributed by atoms with van der Waals surface area (Å²) >= 11 is 4.09. The van der Waals surface area contributed by atoms with Crippen molar-refractivity contribution in [2.75, 3.05) is 5.75 Å². The molecule has 0 bridgehead atoms. The Balaban J connectivity index is 2.32. The highest BCUT2D eigenvalue weighted by molar-refractivity contribution is 7.80. The van der Waals surface area contributed by atoms with Crippen LogP contribution in [0.4, 0.5) is 0 Å². The number of hydrogen-bond acceptors (Lipinski definition) is 3. The van der Waals surface area contributed by atoms with Gasteiger partial charge in [0.05, 0.1) is 0 Å². The number of thiol groups is 1. The molecule has 2 aromatic carbocycles. The van der Waals surface area contributed by atoms with Gasteiger partial charge in [-0.2, -0.15) is 12.6 Å². The predicted molar refractivity (Wildman–Crippen MR) is 88.0 cm³/mol. The Labute approximate surface area is 134 Å². The Morgan fingerprint density at radius 2 is 1.55 bits per heavy atom. The van der Waals surface area contributed by atoms with E-state index in [0.29, 0.717) is 5.56 Å². The van der Waals surface area contributed by atoms with E-state index in [1.54, 1.807) is 24.3 Å². The minimum Gasteiger partial charge on any atom is -0.480 e. The van der Waals surface area contributed by atoms with Crippen LogP contribution in [0.3, 0.4) is 0 Å². The van der Waals surface area contributed by atoms with Gasteiger partial charge in [0.1, 0.15) is 6.04 Å². The first-order valence-corrected chi connectivity index (χ1v) is 7.50. The second-order valence-corrected chi connectivity index (χ2v) is 5.19. The molecule has 2 aromatic rings. The van der Waals surface area contributed by atoms with E-state index in [2.05, 4.69) is 12.6 Å². The maximum atomic E-state index is 12.7. The lowest BCUT2D eigenvalue weighted by Crippen LogP contribution is -2.45. The van der Waals surface area contributed by atoms with Gasteiger partial charge in [0.15, 0.2) is 0 Å². The largest absolute Gasteiger partial charge is 0.480 e. The molecular weight excluding hydrogens is 298 g/mol. The van der Waals surface area contributed by atoms with Gasteiger partial charge >= 0.3 is 5.97 Å². The zero-order valence-electron chi connectivity index (χ0n) is 11.9. The van der Waals surface area contributed by atoms with Crippen LogP contribution in [0.15, 0.2) is 60.7 Å². The fourth-order valence-corrected chi connectivity index (χ4v) is 2.51. The maximum Gasteiger partial charge on any atom is 0.327 e. The maximum absolute atomic E-state index is 12.7. The third kappa shape index (κ3) is 3.89. The summed E-state index contributed by atoms with van der Waals surface area (Å²) in [6.45, 7) is 0.228. The molecule has 5 heteroatoms. The number of benzene rings is 2. The van der Waals surface area contributed by atoms with Crippen LogP contribution in [0, 0.1) is 0 Å². The average molecular weight is 315 g/mol. The molecule has 1 atom stereocenters. The van der Waals surface area contributed by atoms with E-state index in [-0.39, 0.29) is 18.2 Å². The van der Waals surface area contributed by atoms with Crippen molar-refractivity contribution in [2.45, 2.75) is 12.6 Å². The van der Waals surface area contributed by atoms with Crippen LogP contribution in [0.5, 0.6) is 0 Å². The molecule has 0 unspecified atom stereocenters. The number of carbonyl (C=O) groups is 2. The lowest BCUT2D eigenvalue weighted by Gasteiger charge is -2.28. The van der Waals surface area contributed by atoms with Gasteiger partial charge in [0.25, 0.3) is 5.91 Å². The van der Waals surface area contributed by atoms with Crippen LogP contribution in [0.2, 0.25) is 0 Å². The molecule has 0 radical (unpaired) electrons. The summed E-state index contributed by atoms with van der Waals surface area (Å²) in [6, 6.07) is 17.0. The first-order chi connectivity index (χ1) is 10.6. The van der Waals surface area contributed by atoms with E-state index in [9.17, 15) is 14.7 Å². The smallest absolute Gasteiger partial charge is 0.327 e. The highest BCUT2D eigenvalue weighted by Crippen LogP contribution is 2.15. The van der Waals surface area contributed by atoms with Crippen molar-refractivity contribution in [1.29, 1.82) is 0 Å². The fraction of sp³-hybridized carbons (Fsp3) is 0.176. The molecule has 1 amide bonds. The summed E-state index contributed by atoms with van der Waals surface area (Å²) in [6.07, 6.45) is 0. The van der Waals surface area contributed by atoms with Gasteiger partial charge < -0.3 is 10.0 Å². The van der Waals surface area contributed by atoms with Crippen molar-refractivity contribution in [3.63, 3.8) is 0 Å². The van der Waals surface area contributed by atoms with Crippen LogP contribution < -0.4 is 0 Å². The number of aliphatic carboxylic acids is 1. The summed E-state index contributed by atoms with van der Waals surface area (Å²) < 4.78 is 0. The second kappa shape index (κ2) is 7.66. The third-order valence-electron chi connectivity index (χ3n) is 3.31. The molecule has 0 aromatic heterocycles. The van der Waals surface area contributed by atoms with Crippen molar-refractivity contribution in [1.82, 2.24) is 4.90 Å². The first-order valence-electron chi connectivity index (χ1n) is 6.87. The Morgan fingerprint density at radius 1 is 1.00 bits per heavy atom. The number of carbonyl (C=O) groups excluding carboxylic acids is 1. The van der Waals surface area contributed by atoms with E-state index in [4.69, 9.17) is 0 Å². The molecule has 0 spiro atoms. The normalized spacial score (nSPS) is 11.7. The van der Waals surface area contributed by atoms with Crippen LogP contribution in [-0.4, -0.2) is 33.7 Å². The molecule has 114 valence electrons. The fourth-order valence-electron chi connectivity index (χ4n) is 2.16. The Hall–Kier alpha value is -2.27. The van der Waals surface area contributed by atoms with E-state index in [0.717, 1.165) is 5.56 Å². The Bertz CT molecular complexity index is 631. The van der Waals surface area contributed by atoms with Gasteiger partial charge in [-0.15, -0.1) is 0 Å². The van der Waals surface area contributed by atoms with Crippen molar-refractivity contribution in [2.24, 2.45) is 0 Å². The number of amides is 1. The number of carboxylic acid groups (broad SMARTS) is 1. The molecule has 22 heavy (non-hydrogen) atoms. The summed E-state index contributed by atoms with van der Waals surface area (Å²) in [5.41, 5.74) is 1.34. The third-order valence-corrected chi connectivity index (χ3v) is 3.66. The SMILES string of the molecule is O=C(O)[C@@H](CS)N(Cc1ccccc1)C(=O)c1ccccc1. The molecular formula is C17H17NO3S. The minimum absolute atomic E-state index is 0.0563. The quantitative estimate of drug-likeness (QED) is 0.806. The molecule has 4 nitrogen and oxygen atoms in total. The van der Waals surface area contributed by atoms with Gasteiger partial charge in [-0.05, 0) is 17.7 Å². The topological polar surface area (TPSA) is 57.6 Å². The Morgan fingerprint density at radius 3 is 2.05 bits per heavy atom. The molecule has 0 aliphatic carbocycles. The summed E-state index contributed by atoms with van der Waals surface area (Å²) in [4.78, 5) is 25.5. The van der Waals surface area contributed by atoms with Gasteiger partial charge in [0, 0.05) is 17.9 Å². The summed E-state index contributed by atoms with van der Waals surface area (Å²) in [7, 11) is 0. The van der Waals surface area contributed by atoms with Crippen molar-refractivity contribution in [3.8, 4) is 0 Å². The number of carboxylic acids is 1. The molecule has 0 fully saturated rings. The van der Waals surface area contributed by atoms with Gasteiger partial charge in [-0.3, -0.25) is 4.79 Å². The lowest BCUT2D eigenvalue weighted by atomic mass is 10.1. The predicted octanol–water partition coefficient (Wildman–Crippen LogP) is 2.71. The molecule has 0 aliphatic heterocycles. The van der Waals surface area contributed by atoms with Gasteiger partial charge in [-0.25, -0.2) is 4.79 Å². The summed E-state index contributed by atoms with van der Waals surface area (Å²) in [5.74, 6) is -1.32. The average Bonchev–Trinajstić information content (AvgIpc) is 2.55. The van der Waals surface area contributed by atoms with Gasteiger partial charge in [-0.1, -0.05) is 48.5 Å². The van der Waals surface area contributed by atoms with Crippen LogP contribution in [0.25, 0.3) is 0 Å². The van der Waals surface area contributed by atoms with Crippen LogP contribution >= 0.6 is 12.6 Å².